The second-order valence-corrected chi connectivity index (χ2v) is 7.40. The molecule has 0 saturated heterocycles. The third-order valence-corrected chi connectivity index (χ3v) is 5.84. The Morgan fingerprint density at radius 1 is 1.26 bits per heavy atom. The highest BCUT2D eigenvalue weighted by atomic mass is 32.1. The number of rotatable bonds is 6. The molecular weight excluding hydrogens is 360 g/mol. The van der Waals surface area contributed by atoms with Gasteiger partial charge in [0.1, 0.15) is 0 Å². The van der Waals surface area contributed by atoms with Gasteiger partial charge in [0.25, 0.3) is 0 Å². The minimum Gasteiger partial charge on any atom is -0.493 e. The Morgan fingerprint density at radius 2 is 2.00 bits per heavy atom. The van der Waals surface area contributed by atoms with Crippen LogP contribution in [0.2, 0.25) is 0 Å². The van der Waals surface area contributed by atoms with Crippen LogP contribution < -0.4 is 14.8 Å². The number of aromatic nitrogens is 1. The van der Waals surface area contributed by atoms with Crippen molar-refractivity contribution < 1.29 is 9.47 Å². The van der Waals surface area contributed by atoms with E-state index >= 15 is 0 Å². The molecule has 0 amide bonds. The van der Waals surface area contributed by atoms with Crippen molar-refractivity contribution in [2.45, 2.75) is 32.7 Å². The van der Waals surface area contributed by atoms with Crippen molar-refractivity contribution in [1.82, 2.24) is 15.2 Å². The summed E-state index contributed by atoms with van der Waals surface area (Å²) < 4.78 is 10.9. The Labute approximate surface area is 165 Å². The molecule has 1 N–H and O–H groups in total. The number of hydrogen-bond acceptors (Lipinski definition) is 5. The van der Waals surface area contributed by atoms with E-state index < -0.39 is 0 Å². The van der Waals surface area contributed by atoms with Gasteiger partial charge in [0.2, 0.25) is 0 Å². The maximum Gasteiger partial charge on any atom is 0.193 e. The van der Waals surface area contributed by atoms with Crippen LogP contribution in [-0.2, 0) is 25.8 Å². The van der Waals surface area contributed by atoms with Crippen LogP contribution in [0.1, 0.15) is 28.8 Å². The fourth-order valence-corrected chi connectivity index (χ4v) is 4.10. The first-order valence-electron chi connectivity index (χ1n) is 9.31. The van der Waals surface area contributed by atoms with E-state index in [0.717, 1.165) is 62.0 Å². The van der Waals surface area contributed by atoms with Crippen LogP contribution in [-0.4, -0.2) is 50.2 Å². The highest BCUT2D eigenvalue weighted by Crippen LogP contribution is 2.33. The quantitative estimate of drug-likeness (QED) is 0.609. The fourth-order valence-electron chi connectivity index (χ4n) is 3.32. The number of nitrogens with one attached hydrogen (secondary N) is 1. The van der Waals surface area contributed by atoms with Gasteiger partial charge in [0, 0.05) is 38.5 Å². The fraction of sp³-hybridized carbons (Fsp3) is 0.500. The summed E-state index contributed by atoms with van der Waals surface area (Å²) in [5.41, 5.74) is 3.73. The summed E-state index contributed by atoms with van der Waals surface area (Å²) in [4.78, 5) is 11.4. The number of ether oxygens (including phenoxy) is 2. The van der Waals surface area contributed by atoms with E-state index in [1.807, 2.05) is 7.05 Å². The zero-order valence-corrected chi connectivity index (χ0v) is 17.4. The summed E-state index contributed by atoms with van der Waals surface area (Å²) in [6, 6.07) is 4.17. The van der Waals surface area contributed by atoms with Crippen LogP contribution in [0.4, 0.5) is 0 Å². The van der Waals surface area contributed by atoms with Crippen molar-refractivity contribution in [3.8, 4) is 11.5 Å². The first kappa shape index (κ1) is 19.5. The molecule has 146 valence electrons. The van der Waals surface area contributed by atoms with Crippen LogP contribution >= 0.6 is 11.3 Å². The number of fused-ring (bicyclic) bond motifs is 1. The van der Waals surface area contributed by atoms with E-state index in [1.165, 1.54) is 16.1 Å². The van der Waals surface area contributed by atoms with Crippen LogP contribution in [0, 0.1) is 0 Å². The molecule has 1 aliphatic heterocycles. The highest BCUT2D eigenvalue weighted by Gasteiger charge is 2.21. The Balaban J connectivity index is 1.62. The molecule has 3 rings (SSSR count). The van der Waals surface area contributed by atoms with Gasteiger partial charge in [0.15, 0.2) is 17.5 Å². The SMILES string of the molecule is CCc1nc(CCNC(=NC)N2CCc3cc(OC)c(OC)cc3C2)cs1. The topological polar surface area (TPSA) is 59.0 Å². The van der Waals surface area contributed by atoms with Crippen molar-refractivity contribution in [2.24, 2.45) is 4.99 Å². The summed E-state index contributed by atoms with van der Waals surface area (Å²) in [7, 11) is 5.19. The smallest absolute Gasteiger partial charge is 0.193 e. The molecule has 0 aliphatic carbocycles. The van der Waals surface area contributed by atoms with E-state index in [9.17, 15) is 0 Å². The predicted molar refractivity (Wildman–Crippen MR) is 110 cm³/mol. The second kappa shape index (κ2) is 9.08. The Kier molecular flexibility index (Phi) is 6.55. The van der Waals surface area contributed by atoms with Gasteiger partial charge in [-0.15, -0.1) is 11.3 Å². The van der Waals surface area contributed by atoms with E-state index in [2.05, 4.69) is 44.6 Å². The van der Waals surface area contributed by atoms with E-state index in [-0.39, 0.29) is 0 Å². The number of thiazole rings is 1. The van der Waals surface area contributed by atoms with Crippen LogP contribution in [0.25, 0.3) is 0 Å². The lowest BCUT2D eigenvalue weighted by atomic mass is 9.99. The standard InChI is InChI=1S/C20H28N4O2S/c1-5-19-23-16(13-27-19)6-8-22-20(21-2)24-9-7-14-10-17(25-3)18(26-4)11-15(14)12-24/h10-11,13H,5-9,12H2,1-4H3,(H,21,22). The molecule has 1 aromatic heterocycles. The largest absolute Gasteiger partial charge is 0.493 e. The minimum absolute atomic E-state index is 0.774. The second-order valence-electron chi connectivity index (χ2n) is 6.46. The monoisotopic (exact) mass is 388 g/mol. The lowest BCUT2D eigenvalue weighted by molar-refractivity contribution is 0.346. The zero-order chi connectivity index (χ0) is 19.2. The van der Waals surface area contributed by atoms with Crippen LogP contribution in [0.3, 0.4) is 0 Å². The van der Waals surface area contributed by atoms with E-state index in [4.69, 9.17) is 9.47 Å². The van der Waals surface area contributed by atoms with Gasteiger partial charge in [-0.25, -0.2) is 4.98 Å². The van der Waals surface area contributed by atoms with Gasteiger partial charge < -0.3 is 19.7 Å². The molecule has 0 atom stereocenters. The number of nitrogens with zero attached hydrogens (tertiary/aromatic N) is 3. The number of aryl methyl sites for hydroxylation is 1. The van der Waals surface area contributed by atoms with Gasteiger partial charge in [-0.1, -0.05) is 6.92 Å². The van der Waals surface area contributed by atoms with Crippen molar-refractivity contribution in [2.75, 3.05) is 34.4 Å². The Hall–Kier alpha value is -2.28. The van der Waals surface area contributed by atoms with Gasteiger partial charge in [0.05, 0.1) is 24.9 Å². The molecule has 0 bridgehead atoms. The van der Waals surface area contributed by atoms with Crippen molar-refractivity contribution in [1.29, 1.82) is 0 Å². The Morgan fingerprint density at radius 3 is 2.63 bits per heavy atom. The van der Waals surface area contributed by atoms with Crippen LogP contribution in [0.5, 0.6) is 11.5 Å². The molecule has 1 aromatic carbocycles. The number of hydrogen-bond donors (Lipinski definition) is 1. The molecule has 0 saturated carbocycles. The maximum absolute atomic E-state index is 5.45. The molecule has 2 heterocycles. The lowest BCUT2D eigenvalue weighted by Crippen LogP contribution is -2.44. The van der Waals surface area contributed by atoms with E-state index in [0.29, 0.717) is 0 Å². The summed E-state index contributed by atoms with van der Waals surface area (Å²) >= 11 is 1.74. The molecular formula is C20H28N4O2S. The first-order valence-corrected chi connectivity index (χ1v) is 10.2. The van der Waals surface area contributed by atoms with Crippen molar-refractivity contribution >= 4 is 17.3 Å². The number of aliphatic imine (C=N–C) groups is 1. The molecule has 0 fully saturated rings. The van der Waals surface area contributed by atoms with Crippen molar-refractivity contribution in [3.05, 3.63) is 39.3 Å². The average Bonchev–Trinajstić information content (AvgIpc) is 3.17. The van der Waals surface area contributed by atoms with Gasteiger partial charge in [-0.3, -0.25) is 4.99 Å². The number of guanidine groups is 1. The minimum atomic E-state index is 0.774. The first-order chi connectivity index (χ1) is 13.2. The summed E-state index contributed by atoms with van der Waals surface area (Å²) in [6.45, 7) is 4.71. The lowest BCUT2D eigenvalue weighted by Gasteiger charge is -2.32. The molecule has 0 radical (unpaired) electrons. The average molecular weight is 389 g/mol. The molecule has 7 heteroatoms. The van der Waals surface area contributed by atoms with Gasteiger partial charge in [-0.2, -0.15) is 0 Å². The Bertz CT molecular complexity index is 803. The molecule has 2 aromatic rings. The predicted octanol–water partition coefficient (Wildman–Crippen LogP) is 2.90. The molecule has 0 unspecified atom stereocenters. The summed E-state index contributed by atoms with van der Waals surface area (Å²) in [5, 5.41) is 6.83. The maximum atomic E-state index is 5.45. The summed E-state index contributed by atoms with van der Waals surface area (Å²) in [6.07, 6.45) is 2.87. The molecule has 1 aliphatic rings. The molecule has 6 nitrogen and oxygen atoms in total. The highest BCUT2D eigenvalue weighted by molar-refractivity contribution is 7.09. The molecule has 0 spiro atoms. The van der Waals surface area contributed by atoms with Crippen molar-refractivity contribution in [3.63, 3.8) is 0 Å². The zero-order valence-electron chi connectivity index (χ0n) is 16.5. The van der Waals surface area contributed by atoms with E-state index in [1.54, 1.807) is 25.6 Å². The van der Waals surface area contributed by atoms with Gasteiger partial charge >= 0.3 is 0 Å². The normalized spacial score (nSPS) is 14.1. The van der Waals surface area contributed by atoms with Crippen LogP contribution in [0.15, 0.2) is 22.5 Å². The number of benzene rings is 1. The third kappa shape index (κ3) is 4.53. The number of methoxy groups -OCH3 is 2. The summed E-state index contributed by atoms with van der Waals surface area (Å²) in [5.74, 6) is 2.50. The third-order valence-electron chi connectivity index (χ3n) is 4.80. The van der Waals surface area contributed by atoms with Gasteiger partial charge in [-0.05, 0) is 36.1 Å². The molecule has 27 heavy (non-hydrogen) atoms.